The molecule has 5 nitrogen and oxygen atoms in total. The zero-order chi connectivity index (χ0) is 13.5. The Morgan fingerprint density at radius 3 is 3.00 bits per heavy atom. The third-order valence-electron chi connectivity index (χ3n) is 2.75. The molecule has 0 unspecified atom stereocenters. The fourth-order valence-corrected chi connectivity index (χ4v) is 1.79. The first-order valence-corrected chi connectivity index (χ1v) is 6.27. The average Bonchev–Trinajstić information content (AvgIpc) is 2.46. The van der Waals surface area contributed by atoms with E-state index in [0.717, 1.165) is 5.69 Å². The van der Waals surface area contributed by atoms with Gasteiger partial charge in [0.25, 0.3) is 0 Å². The molecule has 19 heavy (non-hydrogen) atoms. The van der Waals surface area contributed by atoms with Crippen molar-refractivity contribution in [2.45, 2.75) is 0 Å². The van der Waals surface area contributed by atoms with Gasteiger partial charge in [0.05, 0.1) is 13.2 Å². The van der Waals surface area contributed by atoms with Gasteiger partial charge in [0.2, 0.25) is 0 Å². The van der Waals surface area contributed by atoms with E-state index in [-0.39, 0.29) is 6.03 Å². The van der Waals surface area contributed by atoms with Crippen LogP contribution in [0.25, 0.3) is 0 Å². The van der Waals surface area contributed by atoms with Crippen LogP contribution in [0.2, 0.25) is 0 Å². The molecular formula is C14H18N2O3. The minimum absolute atomic E-state index is 0.107. The molecule has 0 spiro atoms. The quantitative estimate of drug-likeness (QED) is 0.846. The minimum Gasteiger partial charge on any atom is -0.489 e. The Morgan fingerprint density at radius 1 is 1.47 bits per heavy atom. The van der Waals surface area contributed by atoms with E-state index < -0.39 is 0 Å². The number of nitrogens with zero attached hydrogens (tertiary/aromatic N) is 1. The summed E-state index contributed by atoms with van der Waals surface area (Å²) in [7, 11) is 0. The Morgan fingerprint density at radius 2 is 2.26 bits per heavy atom. The van der Waals surface area contributed by atoms with Crippen molar-refractivity contribution in [1.82, 2.24) is 4.90 Å². The van der Waals surface area contributed by atoms with Crippen molar-refractivity contribution in [3.8, 4) is 5.75 Å². The summed E-state index contributed by atoms with van der Waals surface area (Å²) in [4.78, 5) is 13.7. The molecule has 1 aliphatic rings. The molecule has 0 aliphatic carbocycles. The molecule has 1 aromatic rings. The third kappa shape index (κ3) is 3.99. The van der Waals surface area contributed by atoms with E-state index in [0.29, 0.717) is 38.7 Å². The van der Waals surface area contributed by atoms with Gasteiger partial charge < -0.3 is 19.7 Å². The SMILES string of the molecule is C=CCOc1cccc(NC(=O)N2CCOCC2)c1. The number of morpholine rings is 1. The van der Waals surface area contributed by atoms with Crippen LogP contribution in [0, 0.1) is 0 Å². The van der Waals surface area contributed by atoms with Crippen LogP contribution >= 0.6 is 0 Å². The van der Waals surface area contributed by atoms with Crippen molar-refractivity contribution in [2.24, 2.45) is 0 Å². The monoisotopic (exact) mass is 262 g/mol. The number of urea groups is 1. The maximum absolute atomic E-state index is 12.0. The number of rotatable bonds is 4. The maximum Gasteiger partial charge on any atom is 0.322 e. The van der Waals surface area contributed by atoms with Crippen LogP contribution in [-0.2, 0) is 4.74 Å². The predicted octanol–water partition coefficient (Wildman–Crippen LogP) is 2.12. The molecule has 2 amide bonds. The molecule has 0 saturated carbocycles. The van der Waals surface area contributed by atoms with Gasteiger partial charge in [-0.2, -0.15) is 0 Å². The van der Waals surface area contributed by atoms with Crippen molar-refractivity contribution in [2.75, 3.05) is 38.2 Å². The summed E-state index contributed by atoms with van der Waals surface area (Å²) in [6.07, 6.45) is 1.68. The first kappa shape index (κ1) is 13.4. The van der Waals surface area contributed by atoms with Crippen LogP contribution in [0.5, 0.6) is 5.75 Å². The molecule has 1 aliphatic heterocycles. The second kappa shape index (κ2) is 6.80. The first-order valence-electron chi connectivity index (χ1n) is 6.27. The Kier molecular flexibility index (Phi) is 4.80. The Hall–Kier alpha value is -2.01. The largest absolute Gasteiger partial charge is 0.489 e. The third-order valence-corrected chi connectivity index (χ3v) is 2.75. The van der Waals surface area contributed by atoms with Crippen LogP contribution in [0.4, 0.5) is 10.5 Å². The first-order chi connectivity index (χ1) is 9.29. The van der Waals surface area contributed by atoms with Crippen molar-refractivity contribution in [3.63, 3.8) is 0 Å². The molecule has 0 atom stereocenters. The number of carbonyl (C=O) groups excluding carboxylic acids is 1. The Bertz CT molecular complexity index is 442. The zero-order valence-corrected chi connectivity index (χ0v) is 10.8. The molecule has 5 heteroatoms. The number of anilines is 1. The summed E-state index contributed by atoms with van der Waals surface area (Å²) < 4.78 is 10.6. The van der Waals surface area contributed by atoms with Gasteiger partial charge in [-0.25, -0.2) is 4.79 Å². The summed E-state index contributed by atoms with van der Waals surface area (Å²) in [6.45, 7) is 6.47. The van der Waals surface area contributed by atoms with Crippen molar-refractivity contribution in [3.05, 3.63) is 36.9 Å². The number of hydrogen-bond acceptors (Lipinski definition) is 3. The lowest BCUT2D eigenvalue weighted by molar-refractivity contribution is 0.0564. The Balaban J connectivity index is 1.93. The van der Waals surface area contributed by atoms with Gasteiger partial charge in [-0.05, 0) is 12.1 Å². The molecule has 0 aromatic heterocycles. The van der Waals surface area contributed by atoms with Gasteiger partial charge in [-0.3, -0.25) is 0 Å². The molecule has 1 saturated heterocycles. The van der Waals surface area contributed by atoms with Gasteiger partial charge in [0.1, 0.15) is 12.4 Å². The molecule has 102 valence electrons. The summed E-state index contributed by atoms with van der Waals surface area (Å²) in [5.74, 6) is 0.708. The summed E-state index contributed by atoms with van der Waals surface area (Å²) >= 11 is 0. The summed E-state index contributed by atoms with van der Waals surface area (Å²) in [5, 5.41) is 2.85. The molecule has 1 N–H and O–H groups in total. The lowest BCUT2D eigenvalue weighted by Gasteiger charge is -2.26. The van der Waals surface area contributed by atoms with Crippen molar-refractivity contribution >= 4 is 11.7 Å². The predicted molar refractivity (Wildman–Crippen MR) is 73.5 cm³/mol. The molecular weight excluding hydrogens is 244 g/mol. The fourth-order valence-electron chi connectivity index (χ4n) is 1.79. The van der Waals surface area contributed by atoms with Gasteiger partial charge >= 0.3 is 6.03 Å². The average molecular weight is 262 g/mol. The van der Waals surface area contributed by atoms with Crippen molar-refractivity contribution < 1.29 is 14.3 Å². The number of benzene rings is 1. The number of carbonyl (C=O) groups is 1. The second-order valence-electron chi connectivity index (χ2n) is 4.16. The van der Waals surface area contributed by atoms with Crippen LogP contribution in [-0.4, -0.2) is 43.8 Å². The number of ether oxygens (including phenoxy) is 2. The van der Waals surface area contributed by atoms with Crippen molar-refractivity contribution in [1.29, 1.82) is 0 Å². The summed E-state index contributed by atoms with van der Waals surface area (Å²) in [5.41, 5.74) is 0.720. The minimum atomic E-state index is -0.107. The highest BCUT2D eigenvalue weighted by molar-refractivity contribution is 5.89. The number of nitrogens with one attached hydrogen (secondary N) is 1. The van der Waals surface area contributed by atoms with Gasteiger partial charge in [0.15, 0.2) is 0 Å². The molecule has 2 rings (SSSR count). The van der Waals surface area contributed by atoms with E-state index >= 15 is 0 Å². The molecule has 0 radical (unpaired) electrons. The number of amides is 2. The highest BCUT2D eigenvalue weighted by atomic mass is 16.5. The van der Waals surface area contributed by atoms with Gasteiger partial charge in [-0.15, -0.1) is 0 Å². The number of hydrogen-bond donors (Lipinski definition) is 1. The normalized spacial score (nSPS) is 14.8. The Labute approximate surface area is 112 Å². The van der Waals surface area contributed by atoms with E-state index in [1.807, 2.05) is 18.2 Å². The fraction of sp³-hybridized carbons (Fsp3) is 0.357. The van der Waals surface area contributed by atoms with Crippen LogP contribution in [0.3, 0.4) is 0 Å². The van der Waals surface area contributed by atoms with Crippen LogP contribution in [0.15, 0.2) is 36.9 Å². The van der Waals surface area contributed by atoms with E-state index in [1.165, 1.54) is 0 Å². The van der Waals surface area contributed by atoms with Gasteiger partial charge in [-0.1, -0.05) is 18.7 Å². The van der Waals surface area contributed by atoms with Gasteiger partial charge in [0, 0.05) is 24.8 Å². The molecule has 1 fully saturated rings. The summed E-state index contributed by atoms with van der Waals surface area (Å²) in [6, 6.07) is 7.20. The highest BCUT2D eigenvalue weighted by Crippen LogP contribution is 2.17. The maximum atomic E-state index is 12.0. The van der Waals surface area contributed by atoms with E-state index in [9.17, 15) is 4.79 Å². The smallest absolute Gasteiger partial charge is 0.322 e. The molecule has 1 heterocycles. The van der Waals surface area contributed by atoms with E-state index in [2.05, 4.69) is 11.9 Å². The topological polar surface area (TPSA) is 50.8 Å². The van der Waals surface area contributed by atoms with Crippen LogP contribution in [0.1, 0.15) is 0 Å². The lowest BCUT2D eigenvalue weighted by Crippen LogP contribution is -2.43. The molecule has 1 aromatic carbocycles. The van der Waals surface area contributed by atoms with E-state index in [4.69, 9.17) is 9.47 Å². The second-order valence-corrected chi connectivity index (χ2v) is 4.16. The lowest BCUT2D eigenvalue weighted by atomic mass is 10.3. The zero-order valence-electron chi connectivity index (χ0n) is 10.8. The highest BCUT2D eigenvalue weighted by Gasteiger charge is 2.16. The standard InChI is InChI=1S/C14H18N2O3/c1-2-8-19-13-5-3-4-12(11-13)15-14(17)16-6-9-18-10-7-16/h2-5,11H,1,6-10H2,(H,15,17). The van der Waals surface area contributed by atoms with Crippen LogP contribution < -0.4 is 10.1 Å². The molecule has 0 bridgehead atoms. The van der Waals surface area contributed by atoms with E-state index in [1.54, 1.807) is 17.0 Å².